The number of ether oxygens (including phenoxy) is 1. The highest BCUT2D eigenvalue weighted by atomic mass is 16.5. The summed E-state index contributed by atoms with van der Waals surface area (Å²) in [4.78, 5) is 23.5. The van der Waals surface area contributed by atoms with Crippen LogP contribution in [0.1, 0.15) is 6.92 Å². The Morgan fingerprint density at radius 3 is 2.43 bits per heavy atom. The van der Waals surface area contributed by atoms with E-state index in [0.29, 0.717) is 26.3 Å². The second-order valence-electron chi connectivity index (χ2n) is 3.04. The fraction of sp³-hybridized carbons (Fsp3) is 0.556. The lowest BCUT2D eigenvalue weighted by molar-refractivity contribution is -0.134. The van der Waals surface area contributed by atoms with Crippen LogP contribution in [0, 0.1) is 0 Å². The van der Waals surface area contributed by atoms with Crippen LogP contribution < -0.4 is 0 Å². The summed E-state index contributed by atoms with van der Waals surface area (Å²) in [6, 6.07) is 0. The molecule has 1 aliphatic heterocycles. The lowest BCUT2D eigenvalue weighted by atomic mass is 10.3. The van der Waals surface area contributed by atoms with Gasteiger partial charge in [0.2, 0.25) is 0 Å². The second-order valence-corrected chi connectivity index (χ2v) is 3.04. The van der Waals surface area contributed by atoms with Gasteiger partial charge in [0.25, 0.3) is 5.91 Å². The number of rotatable bonds is 2. The Bertz CT molecular complexity index is 266. The molecule has 1 amide bonds. The minimum absolute atomic E-state index is 0.343. The molecule has 1 heterocycles. The zero-order valence-electron chi connectivity index (χ0n) is 8.02. The first-order valence-electron chi connectivity index (χ1n) is 4.39. The van der Waals surface area contributed by atoms with E-state index in [1.165, 1.54) is 11.8 Å². The van der Waals surface area contributed by atoms with Crippen molar-refractivity contribution in [2.45, 2.75) is 6.92 Å². The van der Waals surface area contributed by atoms with Crippen molar-refractivity contribution < 1.29 is 19.4 Å². The van der Waals surface area contributed by atoms with Gasteiger partial charge in [-0.2, -0.15) is 0 Å². The summed E-state index contributed by atoms with van der Waals surface area (Å²) in [5, 5.41) is 9.25. The molecule has 0 atom stereocenters. The van der Waals surface area contributed by atoms with Crippen LogP contribution in [-0.4, -0.2) is 48.0 Å². The van der Waals surface area contributed by atoms with E-state index in [9.17, 15) is 14.7 Å². The Hall–Kier alpha value is -1.36. The van der Waals surface area contributed by atoms with Crippen molar-refractivity contribution in [2.75, 3.05) is 26.3 Å². The molecule has 5 heteroatoms. The number of aliphatic hydroxyl groups is 1. The monoisotopic (exact) mass is 199 g/mol. The number of amides is 1. The molecule has 1 saturated heterocycles. The fourth-order valence-corrected chi connectivity index (χ4v) is 1.18. The van der Waals surface area contributed by atoms with Gasteiger partial charge < -0.3 is 14.7 Å². The van der Waals surface area contributed by atoms with Gasteiger partial charge in [-0.3, -0.25) is 9.59 Å². The van der Waals surface area contributed by atoms with Crippen LogP contribution in [0.3, 0.4) is 0 Å². The molecule has 0 aromatic rings. The summed E-state index contributed by atoms with van der Waals surface area (Å²) >= 11 is 0. The van der Waals surface area contributed by atoms with Gasteiger partial charge in [0.05, 0.1) is 13.2 Å². The normalized spacial score (nSPS) is 18.1. The molecule has 1 N–H and O–H groups in total. The van der Waals surface area contributed by atoms with Crippen molar-refractivity contribution in [3.05, 3.63) is 11.8 Å². The maximum absolute atomic E-state index is 11.4. The van der Waals surface area contributed by atoms with E-state index < -0.39 is 11.7 Å². The molecule has 14 heavy (non-hydrogen) atoms. The molecule has 0 aliphatic carbocycles. The molecule has 1 rings (SSSR count). The third-order valence-electron chi connectivity index (χ3n) is 1.86. The number of aliphatic hydroxyl groups excluding tert-OH is 1. The summed E-state index contributed by atoms with van der Waals surface area (Å²) in [7, 11) is 0. The molecule has 0 radical (unpaired) electrons. The van der Waals surface area contributed by atoms with E-state index in [-0.39, 0.29) is 5.78 Å². The summed E-state index contributed by atoms with van der Waals surface area (Å²) < 4.78 is 5.05. The molecule has 78 valence electrons. The topological polar surface area (TPSA) is 66.8 Å². The van der Waals surface area contributed by atoms with Gasteiger partial charge in [-0.25, -0.2) is 0 Å². The Labute approximate surface area is 82.0 Å². The maximum atomic E-state index is 11.4. The lowest BCUT2D eigenvalue weighted by Crippen LogP contribution is -2.41. The standard InChI is InChI=1S/C9H13NO4/c1-7(11)6-8(12)9(13)10-2-4-14-5-3-10/h6,12H,2-5H2,1H3/b8-6-. The Kier molecular flexibility index (Phi) is 3.64. The van der Waals surface area contributed by atoms with Gasteiger partial charge in [0.15, 0.2) is 11.5 Å². The highest BCUT2D eigenvalue weighted by Gasteiger charge is 2.20. The zero-order valence-corrected chi connectivity index (χ0v) is 8.02. The van der Waals surface area contributed by atoms with Crippen molar-refractivity contribution >= 4 is 11.7 Å². The van der Waals surface area contributed by atoms with Crippen molar-refractivity contribution in [2.24, 2.45) is 0 Å². The molecular formula is C9H13NO4. The molecule has 0 spiro atoms. The number of hydrogen-bond acceptors (Lipinski definition) is 4. The van der Waals surface area contributed by atoms with Gasteiger partial charge in [-0.1, -0.05) is 0 Å². The maximum Gasteiger partial charge on any atom is 0.288 e. The van der Waals surface area contributed by atoms with E-state index in [4.69, 9.17) is 4.74 Å². The first kappa shape index (κ1) is 10.7. The summed E-state index contributed by atoms with van der Waals surface area (Å²) in [6.45, 7) is 3.13. The van der Waals surface area contributed by atoms with Crippen LogP contribution in [0.4, 0.5) is 0 Å². The summed E-state index contributed by atoms with van der Waals surface area (Å²) in [5.41, 5.74) is 0. The molecular weight excluding hydrogens is 186 g/mol. The number of morpholine rings is 1. The molecule has 0 bridgehead atoms. The Balaban J connectivity index is 2.59. The van der Waals surface area contributed by atoms with Crippen LogP contribution in [0.2, 0.25) is 0 Å². The highest BCUT2D eigenvalue weighted by molar-refractivity contribution is 5.99. The molecule has 0 unspecified atom stereocenters. The van der Waals surface area contributed by atoms with E-state index in [2.05, 4.69) is 0 Å². The SMILES string of the molecule is CC(=O)/C=C(\O)C(=O)N1CCOCC1. The quantitative estimate of drug-likeness (QED) is 0.497. The Morgan fingerprint density at radius 2 is 1.93 bits per heavy atom. The molecule has 1 fully saturated rings. The number of nitrogens with zero attached hydrogens (tertiary/aromatic N) is 1. The van der Waals surface area contributed by atoms with E-state index in [0.717, 1.165) is 6.08 Å². The van der Waals surface area contributed by atoms with Gasteiger partial charge in [0.1, 0.15) is 0 Å². The first-order valence-corrected chi connectivity index (χ1v) is 4.39. The fourth-order valence-electron chi connectivity index (χ4n) is 1.18. The lowest BCUT2D eigenvalue weighted by Gasteiger charge is -2.26. The molecule has 0 saturated carbocycles. The third-order valence-corrected chi connectivity index (χ3v) is 1.86. The predicted molar refractivity (Wildman–Crippen MR) is 48.8 cm³/mol. The number of ketones is 1. The molecule has 5 nitrogen and oxygen atoms in total. The Morgan fingerprint density at radius 1 is 1.36 bits per heavy atom. The number of carbonyl (C=O) groups is 2. The van der Waals surface area contributed by atoms with Gasteiger partial charge in [-0.15, -0.1) is 0 Å². The van der Waals surface area contributed by atoms with Crippen LogP contribution in [-0.2, 0) is 14.3 Å². The first-order chi connectivity index (χ1) is 6.61. The largest absolute Gasteiger partial charge is 0.503 e. The highest BCUT2D eigenvalue weighted by Crippen LogP contribution is 2.02. The van der Waals surface area contributed by atoms with Crippen molar-refractivity contribution in [3.63, 3.8) is 0 Å². The molecule has 0 aromatic heterocycles. The van der Waals surface area contributed by atoms with Crippen molar-refractivity contribution in [3.8, 4) is 0 Å². The third kappa shape index (κ3) is 2.85. The van der Waals surface area contributed by atoms with Crippen molar-refractivity contribution in [1.82, 2.24) is 4.90 Å². The van der Waals surface area contributed by atoms with Gasteiger partial charge in [-0.05, 0) is 6.92 Å². The van der Waals surface area contributed by atoms with E-state index >= 15 is 0 Å². The molecule has 1 aliphatic rings. The smallest absolute Gasteiger partial charge is 0.288 e. The average Bonchev–Trinajstić information content (AvgIpc) is 2.17. The number of carbonyl (C=O) groups excluding carboxylic acids is 2. The van der Waals surface area contributed by atoms with Crippen LogP contribution in [0.5, 0.6) is 0 Å². The minimum atomic E-state index is -0.511. The van der Waals surface area contributed by atoms with Crippen LogP contribution >= 0.6 is 0 Å². The van der Waals surface area contributed by atoms with Crippen LogP contribution in [0.25, 0.3) is 0 Å². The zero-order chi connectivity index (χ0) is 10.6. The van der Waals surface area contributed by atoms with Crippen LogP contribution in [0.15, 0.2) is 11.8 Å². The van der Waals surface area contributed by atoms with Crippen molar-refractivity contribution in [1.29, 1.82) is 0 Å². The predicted octanol–water partition coefficient (Wildman–Crippen LogP) is -0.124. The van der Waals surface area contributed by atoms with Gasteiger partial charge in [0, 0.05) is 19.2 Å². The minimum Gasteiger partial charge on any atom is -0.503 e. The van der Waals surface area contributed by atoms with Gasteiger partial charge >= 0.3 is 0 Å². The van der Waals surface area contributed by atoms with E-state index in [1.807, 2.05) is 0 Å². The summed E-state index contributed by atoms with van der Waals surface area (Å²) in [5.74, 6) is -1.35. The molecule has 0 aromatic carbocycles. The summed E-state index contributed by atoms with van der Waals surface area (Å²) in [6.07, 6.45) is 0.928. The van der Waals surface area contributed by atoms with E-state index in [1.54, 1.807) is 0 Å². The number of allylic oxidation sites excluding steroid dienone is 1. The average molecular weight is 199 g/mol. The number of hydrogen-bond donors (Lipinski definition) is 1. The second kappa shape index (κ2) is 4.76.